The van der Waals surface area contributed by atoms with Crippen LogP contribution in [0, 0.1) is 11.8 Å². The van der Waals surface area contributed by atoms with Crippen molar-refractivity contribution in [1.82, 2.24) is 14.9 Å². The number of rotatable bonds is 1. The number of ether oxygens (including phenoxy) is 1. The van der Waals surface area contributed by atoms with E-state index in [-0.39, 0.29) is 17.0 Å². The van der Waals surface area contributed by atoms with Gasteiger partial charge in [0, 0.05) is 31.9 Å². The Kier molecular flexibility index (Phi) is 8.76. The summed E-state index contributed by atoms with van der Waals surface area (Å²) >= 11 is 11.7. The molecule has 1 N–H and O–H groups in total. The van der Waals surface area contributed by atoms with Crippen molar-refractivity contribution >= 4 is 35.1 Å². The highest BCUT2D eigenvalue weighted by Gasteiger charge is 2.23. The summed E-state index contributed by atoms with van der Waals surface area (Å²) in [5, 5.41) is 3.72. The normalized spacial score (nSPS) is 12.9. The number of anilines is 1. The monoisotopic (exact) mass is 448 g/mol. The molecule has 8 heteroatoms. The fraction of sp³-hybridized carbons (Fsp3) is 0.409. The number of aromatic nitrogens is 2. The predicted molar refractivity (Wildman–Crippen MR) is 121 cm³/mol. The maximum atomic E-state index is 11.4. The molecule has 1 aromatic carbocycles. The Hall–Kier alpha value is -2.49. The molecule has 2 heterocycles. The molecule has 0 radical (unpaired) electrons. The van der Waals surface area contributed by atoms with Crippen LogP contribution in [-0.4, -0.2) is 46.7 Å². The highest BCUT2D eigenvalue weighted by atomic mass is 35.5. The summed E-state index contributed by atoms with van der Waals surface area (Å²) in [6.45, 7) is 7.38. The van der Waals surface area contributed by atoms with E-state index in [1.54, 1.807) is 24.2 Å². The van der Waals surface area contributed by atoms with Gasteiger partial charge in [0.15, 0.2) is 0 Å². The minimum atomic E-state index is -0.361. The fourth-order valence-corrected chi connectivity index (χ4v) is 2.88. The van der Waals surface area contributed by atoms with E-state index in [1.165, 1.54) is 0 Å². The molecular formula is C22H26Cl2N4O2. The largest absolute Gasteiger partial charge is 0.444 e. The highest BCUT2D eigenvalue weighted by Crippen LogP contribution is 2.16. The van der Waals surface area contributed by atoms with Gasteiger partial charge >= 0.3 is 6.09 Å². The predicted octanol–water partition coefficient (Wildman–Crippen LogP) is 5.24. The fourth-order valence-electron chi connectivity index (χ4n) is 2.57. The minimum absolute atomic E-state index is 0.167. The van der Waals surface area contributed by atoms with Crippen LogP contribution in [0.25, 0.3) is 0 Å². The summed E-state index contributed by atoms with van der Waals surface area (Å²) in [4.78, 5) is 21.1. The Balaban J connectivity index is 0.000000232. The van der Waals surface area contributed by atoms with Gasteiger partial charge in [0.1, 0.15) is 11.4 Å². The number of nitrogens with one attached hydrogen (secondary N) is 1. The molecule has 0 bridgehead atoms. The van der Waals surface area contributed by atoms with Crippen molar-refractivity contribution in [3.63, 3.8) is 0 Å². The zero-order chi connectivity index (χ0) is 22.1. The molecule has 1 aromatic heterocycles. The molecule has 0 spiro atoms. The number of carbonyl (C=O) groups is 1. The summed E-state index contributed by atoms with van der Waals surface area (Å²) in [5.74, 6) is 6.54. The Bertz CT molecular complexity index is 927. The van der Waals surface area contributed by atoms with Crippen molar-refractivity contribution in [3.05, 3.63) is 51.9 Å². The van der Waals surface area contributed by atoms with Gasteiger partial charge < -0.3 is 15.0 Å². The summed E-state index contributed by atoms with van der Waals surface area (Å²) in [7, 11) is 1.75. The smallest absolute Gasteiger partial charge is 0.410 e. The van der Waals surface area contributed by atoms with Crippen molar-refractivity contribution in [2.45, 2.75) is 39.2 Å². The lowest BCUT2D eigenvalue weighted by molar-refractivity contribution is 0.0295. The molecule has 0 atom stereocenters. The third-order valence-electron chi connectivity index (χ3n) is 3.96. The average molecular weight is 449 g/mol. The van der Waals surface area contributed by atoms with Crippen molar-refractivity contribution in [2.24, 2.45) is 0 Å². The van der Waals surface area contributed by atoms with Gasteiger partial charge in [-0.2, -0.15) is 4.98 Å². The molecule has 1 saturated heterocycles. The Morgan fingerprint density at radius 1 is 1.13 bits per heavy atom. The maximum absolute atomic E-state index is 11.4. The van der Waals surface area contributed by atoms with Crippen LogP contribution in [-0.2, 0) is 4.74 Å². The first-order chi connectivity index (χ1) is 14.2. The lowest BCUT2D eigenvalue weighted by atomic mass is 10.2. The van der Waals surface area contributed by atoms with Crippen LogP contribution in [0.4, 0.5) is 10.6 Å². The molecule has 6 nitrogen and oxygen atoms in total. The second-order valence-electron chi connectivity index (χ2n) is 7.56. The molecule has 0 saturated carbocycles. The highest BCUT2D eigenvalue weighted by molar-refractivity contribution is 6.31. The number of nitrogens with zero attached hydrogens (tertiary/aromatic N) is 3. The average Bonchev–Trinajstić information content (AvgIpc) is 3.22. The van der Waals surface area contributed by atoms with Crippen LogP contribution in [0.5, 0.6) is 0 Å². The number of benzene rings is 1. The summed E-state index contributed by atoms with van der Waals surface area (Å²) in [6, 6.07) is 7.39. The number of halogens is 2. The van der Waals surface area contributed by atoms with E-state index >= 15 is 0 Å². The number of hydrogen-bond acceptors (Lipinski definition) is 5. The summed E-state index contributed by atoms with van der Waals surface area (Å²) in [5.41, 5.74) is 1.07. The zero-order valence-corrected chi connectivity index (χ0v) is 19.1. The van der Waals surface area contributed by atoms with Crippen LogP contribution >= 0.6 is 23.2 Å². The molecule has 160 valence electrons. The van der Waals surface area contributed by atoms with Gasteiger partial charge in [-0.3, -0.25) is 0 Å². The first-order valence-corrected chi connectivity index (χ1v) is 10.4. The lowest BCUT2D eigenvalue weighted by Gasteiger charge is -2.23. The van der Waals surface area contributed by atoms with Gasteiger partial charge in [0.2, 0.25) is 5.28 Å². The van der Waals surface area contributed by atoms with Crippen molar-refractivity contribution < 1.29 is 9.53 Å². The van der Waals surface area contributed by atoms with E-state index in [0.29, 0.717) is 16.4 Å². The zero-order valence-electron chi connectivity index (χ0n) is 17.6. The second-order valence-corrected chi connectivity index (χ2v) is 8.30. The second kappa shape index (κ2) is 11.1. The van der Waals surface area contributed by atoms with Crippen LogP contribution in [0.1, 0.15) is 44.7 Å². The number of carbonyl (C=O) groups excluding carboxylic acids is 1. The molecule has 1 fully saturated rings. The Morgan fingerprint density at radius 3 is 2.37 bits per heavy atom. The van der Waals surface area contributed by atoms with Crippen LogP contribution in [0.3, 0.4) is 0 Å². The number of likely N-dealkylation sites (tertiary alicyclic amines) is 1. The van der Waals surface area contributed by atoms with Crippen molar-refractivity contribution in [2.75, 3.05) is 25.5 Å². The Labute approximate surface area is 187 Å². The van der Waals surface area contributed by atoms with Crippen LogP contribution in [0.2, 0.25) is 10.3 Å². The van der Waals surface area contributed by atoms with Gasteiger partial charge in [-0.25, -0.2) is 9.78 Å². The first kappa shape index (κ1) is 23.8. The third kappa shape index (κ3) is 7.74. The van der Waals surface area contributed by atoms with Crippen LogP contribution < -0.4 is 5.32 Å². The topological polar surface area (TPSA) is 67.3 Å². The minimum Gasteiger partial charge on any atom is -0.444 e. The van der Waals surface area contributed by atoms with Gasteiger partial charge in [-0.05, 0) is 57.3 Å². The van der Waals surface area contributed by atoms with E-state index in [2.05, 4.69) is 27.1 Å². The summed E-state index contributed by atoms with van der Waals surface area (Å²) in [6.07, 6.45) is 3.63. The lowest BCUT2D eigenvalue weighted by Crippen LogP contribution is -2.34. The number of amides is 1. The van der Waals surface area contributed by atoms with Gasteiger partial charge in [0.25, 0.3) is 0 Å². The van der Waals surface area contributed by atoms with Gasteiger partial charge in [-0.1, -0.05) is 35.6 Å². The van der Waals surface area contributed by atoms with Crippen LogP contribution in [0.15, 0.2) is 30.5 Å². The molecule has 2 aromatic rings. The van der Waals surface area contributed by atoms with Gasteiger partial charge in [-0.15, -0.1) is 0 Å². The molecule has 0 aliphatic carbocycles. The standard InChI is InChI=1S/C13H9Cl2N3.C9H17NO2/c1-16-12-10(8-17-13(15)18-12)7-6-9-4-2-3-5-11(9)14;1-9(2,3)12-8(11)10-6-4-5-7-10/h2-5,8H,1H3,(H,16,17,18);4-7H2,1-3H3. The van der Waals surface area contributed by atoms with Crippen molar-refractivity contribution in [1.29, 1.82) is 0 Å². The van der Waals surface area contributed by atoms with E-state index < -0.39 is 0 Å². The molecule has 30 heavy (non-hydrogen) atoms. The van der Waals surface area contributed by atoms with E-state index in [0.717, 1.165) is 31.5 Å². The van der Waals surface area contributed by atoms with Gasteiger partial charge in [0.05, 0.1) is 10.6 Å². The molecule has 1 aliphatic rings. The molecule has 3 rings (SSSR count). The van der Waals surface area contributed by atoms with E-state index in [1.807, 2.05) is 39.0 Å². The van der Waals surface area contributed by atoms with Crippen molar-refractivity contribution in [3.8, 4) is 11.8 Å². The first-order valence-electron chi connectivity index (χ1n) is 9.64. The van der Waals surface area contributed by atoms with E-state index in [9.17, 15) is 4.79 Å². The quantitative estimate of drug-likeness (QED) is 0.476. The third-order valence-corrected chi connectivity index (χ3v) is 4.47. The summed E-state index contributed by atoms with van der Waals surface area (Å²) < 4.78 is 5.21. The molecule has 0 unspecified atom stereocenters. The van der Waals surface area contributed by atoms with E-state index in [4.69, 9.17) is 27.9 Å². The maximum Gasteiger partial charge on any atom is 0.410 e. The molecule has 1 amide bonds. The molecule has 1 aliphatic heterocycles. The SMILES string of the molecule is CC(C)(C)OC(=O)N1CCCC1.CNc1nc(Cl)ncc1C#Cc1ccccc1Cl. The number of hydrogen-bond donors (Lipinski definition) is 1. The Morgan fingerprint density at radius 2 is 1.77 bits per heavy atom. The molecular weight excluding hydrogens is 423 g/mol.